The summed E-state index contributed by atoms with van der Waals surface area (Å²) < 4.78 is 23.4. The third kappa shape index (κ3) is 12.3. The number of carbonyl (C=O) groups is 5. The van der Waals surface area contributed by atoms with Crippen LogP contribution in [0.15, 0.2) is 0 Å². The number of quaternary nitrogens is 1. The van der Waals surface area contributed by atoms with Gasteiger partial charge in [-0.1, -0.05) is 55.4 Å². The minimum atomic E-state index is -2.24. The van der Waals surface area contributed by atoms with Crippen LogP contribution >= 0.6 is 11.8 Å². The Hall–Kier alpha value is -2.27. The van der Waals surface area contributed by atoms with Crippen molar-refractivity contribution in [3.05, 3.63) is 0 Å². The van der Waals surface area contributed by atoms with Gasteiger partial charge < -0.3 is 31.9 Å². The van der Waals surface area contributed by atoms with Gasteiger partial charge in [0.05, 0.1) is 13.6 Å². The largest absolute Gasteiger partial charge is 0.363 e. The number of nitrogens with two attached hydrogens (primary N) is 2. The highest BCUT2D eigenvalue weighted by Crippen LogP contribution is 2.37. The van der Waals surface area contributed by atoms with E-state index >= 15 is 0 Å². The van der Waals surface area contributed by atoms with Crippen molar-refractivity contribution < 1.29 is 38.1 Å². The molecule has 0 radical (unpaired) electrons. The van der Waals surface area contributed by atoms with Crippen LogP contribution < -0.4 is 27.0 Å². The van der Waals surface area contributed by atoms with Crippen molar-refractivity contribution in [2.24, 2.45) is 28.4 Å². The molecule has 1 saturated carbocycles. The molecule has 0 aromatic rings. The Morgan fingerprint density at radius 3 is 2.11 bits per heavy atom. The molecule has 47 heavy (non-hydrogen) atoms. The van der Waals surface area contributed by atoms with Crippen molar-refractivity contribution >= 4 is 52.6 Å². The van der Waals surface area contributed by atoms with E-state index in [0.29, 0.717) is 19.4 Å². The van der Waals surface area contributed by atoms with E-state index in [2.05, 4.69) is 16.0 Å². The quantitative estimate of drug-likeness (QED) is 0.0540. The molecular formula is C31H58N7O7S2+. The predicted octanol–water partition coefficient (Wildman–Crippen LogP) is 0.402. The lowest BCUT2D eigenvalue weighted by Gasteiger charge is -2.38. The maximum atomic E-state index is 14.3. The normalized spacial score (nSPS) is 21.2. The molecule has 0 spiro atoms. The van der Waals surface area contributed by atoms with Crippen molar-refractivity contribution in [1.29, 1.82) is 0 Å². The van der Waals surface area contributed by atoms with E-state index in [0.717, 1.165) is 19.4 Å². The summed E-state index contributed by atoms with van der Waals surface area (Å²) in [4.78, 5) is 67.5. The van der Waals surface area contributed by atoms with Gasteiger partial charge >= 0.3 is 6.03 Å². The second kappa shape index (κ2) is 17.4. The summed E-state index contributed by atoms with van der Waals surface area (Å²) in [5.41, 5.74) is 4.03. The highest BCUT2D eigenvalue weighted by molar-refractivity contribution is 8.01. The van der Waals surface area contributed by atoms with Crippen LogP contribution in [0.25, 0.3) is 0 Å². The summed E-state index contributed by atoms with van der Waals surface area (Å²) in [5, 5.41) is 9.50. The number of ketones is 1. The third-order valence-corrected chi connectivity index (χ3v) is 10.9. The van der Waals surface area contributed by atoms with Gasteiger partial charge in [-0.05, 0) is 41.9 Å². The number of likely N-dealkylation sites (tertiary alicyclic amines) is 1. The van der Waals surface area contributed by atoms with Gasteiger partial charge in [-0.25, -0.2) is 9.00 Å². The summed E-state index contributed by atoms with van der Waals surface area (Å²) in [5.74, 6) is -3.19. The fourth-order valence-electron chi connectivity index (χ4n) is 5.59. The van der Waals surface area contributed by atoms with Crippen molar-refractivity contribution in [3.63, 3.8) is 0 Å². The topological polar surface area (TPSA) is 208 Å². The second-order valence-electron chi connectivity index (χ2n) is 15.1. The molecule has 16 heteroatoms. The molecule has 0 aromatic heterocycles. The Bertz CT molecular complexity index is 1150. The zero-order chi connectivity index (χ0) is 35.9. The number of hydrogen-bond donors (Lipinski definition) is 6. The number of thioether (sulfide) groups is 1. The third-order valence-electron chi connectivity index (χ3n) is 8.71. The number of urea groups is 1. The van der Waals surface area contributed by atoms with Crippen LogP contribution in [0, 0.1) is 22.7 Å². The van der Waals surface area contributed by atoms with Gasteiger partial charge in [-0.15, -0.1) is 11.8 Å². The molecule has 6 atom stereocenters. The molecular weight excluding hydrogens is 647 g/mol. The Morgan fingerprint density at radius 1 is 1.02 bits per heavy atom. The van der Waals surface area contributed by atoms with Crippen molar-refractivity contribution in [3.8, 4) is 0 Å². The minimum Gasteiger partial charge on any atom is -0.363 e. The molecule has 1 heterocycles. The second-order valence-corrected chi connectivity index (χ2v) is 17.5. The average molecular weight is 705 g/mol. The molecule has 2 unspecified atom stereocenters. The SMILES string of the molecule is C[NH2+]CCCN(C[C@@H](NC(=O)N[C@H](C(=O)N1CC[C@H](C(C)C)[C@H]1C(=O)NC(SC1CC1)C(=O)C(N)=O)C(C)(C)C)C(C)(C)C)S(=O)O. The van der Waals surface area contributed by atoms with Crippen LogP contribution in [-0.4, -0.2) is 109 Å². The number of carbonyl (C=O) groups excluding carboxylic acids is 5. The molecule has 8 N–H and O–H groups in total. The molecule has 1 aliphatic carbocycles. The first-order chi connectivity index (χ1) is 21.7. The van der Waals surface area contributed by atoms with Crippen molar-refractivity contribution in [2.75, 3.05) is 33.2 Å². The molecule has 270 valence electrons. The van der Waals surface area contributed by atoms with E-state index in [4.69, 9.17) is 5.73 Å². The van der Waals surface area contributed by atoms with Crippen LogP contribution in [0.1, 0.15) is 81.1 Å². The first kappa shape index (κ1) is 40.9. The fourth-order valence-corrected chi connectivity index (χ4v) is 7.37. The highest BCUT2D eigenvalue weighted by atomic mass is 32.2. The maximum Gasteiger partial charge on any atom is 0.315 e. The number of rotatable bonds is 17. The molecule has 0 bridgehead atoms. The smallest absolute Gasteiger partial charge is 0.315 e. The van der Waals surface area contributed by atoms with Gasteiger partial charge in [0.15, 0.2) is 0 Å². The van der Waals surface area contributed by atoms with Gasteiger partial charge in [0, 0.05) is 37.3 Å². The highest BCUT2D eigenvalue weighted by Gasteiger charge is 2.48. The van der Waals surface area contributed by atoms with E-state index in [-0.39, 0.29) is 30.2 Å². The van der Waals surface area contributed by atoms with Crippen LogP contribution in [-0.2, 0) is 30.4 Å². The molecule has 1 aliphatic heterocycles. The van der Waals surface area contributed by atoms with Crippen molar-refractivity contribution in [1.82, 2.24) is 25.2 Å². The number of amides is 5. The van der Waals surface area contributed by atoms with Gasteiger partial charge in [0.25, 0.3) is 11.7 Å². The van der Waals surface area contributed by atoms with Gasteiger partial charge in [0.1, 0.15) is 17.5 Å². The molecule has 2 aliphatic rings. The summed E-state index contributed by atoms with van der Waals surface area (Å²) >= 11 is -1.04. The summed E-state index contributed by atoms with van der Waals surface area (Å²) in [6, 6.07) is -3.11. The van der Waals surface area contributed by atoms with E-state index in [9.17, 15) is 32.7 Å². The lowest BCUT2D eigenvalue weighted by atomic mass is 9.84. The van der Waals surface area contributed by atoms with E-state index < -0.39 is 75.1 Å². The van der Waals surface area contributed by atoms with E-state index in [1.165, 1.54) is 21.0 Å². The zero-order valence-corrected chi connectivity index (χ0v) is 31.1. The van der Waals surface area contributed by atoms with Crippen LogP contribution in [0.2, 0.25) is 0 Å². The lowest BCUT2D eigenvalue weighted by molar-refractivity contribution is -0.627. The van der Waals surface area contributed by atoms with Gasteiger partial charge in [0.2, 0.25) is 23.1 Å². The molecule has 0 aromatic carbocycles. The number of nitrogens with one attached hydrogen (secondary N) is 3. The Kier molecular flexibility index (Phi) is 15.1. The van der Waals surface area contributed by atoms with Crippen LogP contribution in [0.5, 0.6) is 0 Å². The summed E-state index contributed by atoms with van der Waals surface area (Å²) in [6.07, 6.45) is 2.97. The van der Waals surface area contributed by atoms with E-state index in [1.54, 1.807) is 0 Å². The number of nitrogens with zero attached hydrogens (tertiary/aromatic N) is 2. The first-order valence-electron chi connectivity index (χ1n) is 16.5. The van der Waals surface area contributed by atoms with Gasteiger partial charge in [-0.2, -0.15) is 4.31 Å². The number of primary amides is 1. The Balaban J connectivity index is 2.30. The van der Waals surface area contributed by atoms with Crippen LogP contribution in [0.4, 0.5) is 4.79 Å². The minimum absolute atomic E-state index is 0.0250. The molecule has 5 amide bonds. The van der Waals surface area contributed by atoms with Crippen molar-refractivity contribution in [2.45, 2.75) is 110 Å². The first-order valence-corrected chi connectivity index (χ1v) is 18.5. The monoisotopic (exact) mass is 704 g/mol. The zero-order valence-electron chi connectivity index (χ0n) is 29.5. The lowest BCUT2D eigenvalue weighted by Crippen LogP contribution is -2.79. The Labute approximate surface area is 286 Å². The summed E-state index contributed by atoms with van der Waals surface area (Å²) in [7, 11) is 1.92. The maximum absolute atomic E-state index is 14.3. The molecule has 14 nitrogen and oxygen atoms in total. The van der Waals surface area contributed by atoms with Crippen LogP contribution in [0.3, 0.4) is 0 Å². The van der Waals surface area contributed by atoms with E-state index in [1.807, 2.05) is 67.8 Å². The standard InChI is InChI=1S/C31H57N7O7S2/c1-18(2)20-13-16-38(22(20)26(41)36-27(23(39)25(32)40)46-19-11-12-19)28(42)24(31(6,7)8)35-29(43)34-21(30(3,4)5)17-37(47(44)45)15-10-14-33-9/h18-22,24,27,33H,10-17H2,1-9H3,(H2,32,40)(H,36,41)(H,44,45)(H2,34,35,43)/p+1/t20-,21-,22+,24-,27?/m1/s1. The van der Waals surface area contributed by atoms with Gasteiger partial charge in [-0.3, -0.25) is 23.7 Å². The Morgan fingerprint density at radius 2 is 1.64 bits per heavy atom. The molecule has 1 saturated heterocycles. The summed E-state index contributed by atoms with van der Waals surface area (Å²) in [6.45, 7) is 16.7. The number of hydrogen-bond acceptors (Lipinski definition) is 7. The fraction of sp³-hybridized carbons (Fsp3) is 0.839. The number of Topliss-reactive ketones (excluding diaryl/α,β-unsaturated/α-hetero) is 1. The molecule has 2 fully saturated rings. The predicted molar refractivity (Wildman–Crippen MR) is 183 cm³/mol. The average Bonchev–Trinajstić information content (AvgIpc) is 3.65. The molecule has 2 rings (SSSR count).